The van der Waals surface area contributed by atoms with Crippen LogP contribution in [0.4, 0.5) is 11.4 Å². The Morgan fingerprint density at radius 3 is 2.63 bits per heavy atom. The maximum absolute atomic E-state index is 12.2. The number of hydrogen-bond donors (Lipinski definition) is 1. The van der Waals surface area contributed by atoms with E-state index in [-0.39, 0.29) is 24.0 Å². The van der Waals surface area contributed by atoms with Gasteiger partial charge in [-0.05, 0) is 30.3 Å². The lowest BCUT2D eigenvalue weighted by atomic mass is 10.3. The van der Waals surface area contributed by atoms with E-state index in [1.807, 2.05) is 0 Å². The van der Waals surface area contributed by atoms with E-state index in [2.05, 4.69) is 15.5 Å². The number of methoxy groups -OCH3 is 1. The Labute approximate surface area is 176 Å². The lowest BCUT2D eigenvalue weighted by molar-refractivity contribution is -0.384. The number of aromatic nitrogens is 3. The first-order valence-electron chi connectivity index (χ1n) is 8.78. The third-order valence-electron chi connectivity index (χ3n) is 4.03. The van der Waals surface area contributed by atoms with Crippen LogP contribution in [0.3, 0.4) is 0 Å². The quantitative estimate of drug-likeness (QED) is 0.313. The molecule has 0 unspecified atom stereocenters. The summed E-state index contributed by atoms with van der Waals surface area (Å²) in [6.45, 7) is 0.219. The summed E-state index contributed by atoms with van der Waals surface area (Å²) in [5.41, 5.74) is 0.275. The first-order valence-corrected chi connectivity index (χ1v) is 9.77. The van der Waals surface area contributed by atoms with E-state index in [4.69, 9.17) is 9.47 Å². The van der Waals surface area contributed by atoms with Crippen LogP contribution in [0.5, 0.6) is 11.5 Å². The Balaban J connectivity index is 1.52. The molecule has 1 N–H and O–H groups in total. The van der Waals surface area contributed by atoms with Gasteiger partial charge < -0.3 is 19.4 Å². The predicted octanol–water partition coefficient (Wildman–Crippen LogP) is 3.04. The van der Waals surface area contributed by atoms with Gasteiger partial charge in [-0.2, -0.15) is 0 Å². The van der Waals surface area contributed by atoms with Crippen molar-refractivity contribution in [3.8, 4) is 11.5 Å². The second-order valence-corrected chi connectivity index (χ2v) is 7.01. The number of amides is 1. The number of nitro benzene ring substituents is 1. The van der Waals surface area contributed by atoms with Gasteiger partial charge in [0.25, 0.3) is 5.69 Å². The summed E-state index contributed by atoms with van der Waals surface area (Å²) in [5.74, 6) is 1.79. The number of nitrogens with one attached hydrogen (secondary N) is 1. The van der Waals surface area contributed by atoms with Crippen LogP contribution in [0, 0.1) is 10.1 Å². The molecule has 10 nitrogen and oxygen atoms in total. The maximum Gasteiger partial charge on any atom is 0.271 e. The molecule has 3 rings (SSSR count). The van der Waals surface area contributed by atoms with Gasteiger partial charge in [0.15, 0.2) is 11.0 Å². The predicted molar refractivity (Wildman–Crippen MR) is 111 cm³/mol. The summed E-state index contributed by atoms with van der Waals surface area (Å²) < 4.78 is 12.6. The molecule has 30 heavy (non-hydrogen) atoms. The van der Waals surface area contributed by atoms with Gasteiger partial charge in [0.1, 0.15) is 18.1 Å². The van der Waals surface area contributed by atoms with E-state index in [1.54, 1.807) is 49.1 Å². The fourth-order valence-corrected chi connectivity index (χ4v) is 3.17. The molecule has 156 valence electrons. The number of carbonyl (C=O) groups is 1. The molecule has 2 aromatic carbocycles. The summed E-state index contributed by atoms with van der Waals surface area (Å²) in [4.78, 5) is 22.5. The summed E-state index contributed by atoms with van der Waals surface area (Å²) in [7, 11) is 3.38. The number of anilines is 1. The molecule has 0 atom stereocenters. The van der Waals surface area contributed by atoms with Crippen molar-refractivity contribution in [1.29, 1.82) is 0 Å². The molecule has 0 saturated heterocycles. The summed E-state index contributed by atoms with van der Waals surface area (Å²) in [5, 5.41) is 22.2. The molecule has 3 aromatic rings. The van der Waals surface area contributed by atoms with Crippen molar-refractivity contribution in [2.24, 2.45) is 7.05 Å². The third kappa shape index (κ3) is 5.47. The van der Waals surface area contributed by atoms with Crippen LogP contribution >= 0.6 is 11.8 Å². The monoisotopic (exact) mass is 429 g/mol. The highest BCUT2D eigenvalue weighted by Gasteiger charge is 2.13. The van der Waals surface area contributed by atoms with Crippen LogP contribution in [0.25, 0.3) is 0 Å². The summed E-state index contributed by atoms with van der Waals surface area (Å²) in [6, 6.07) is 13.0. The number of ether oxygens (including phenoxy) is 2. The molecule has 0 radical (unpaired) electrons. The molecule has 11 heteroatoms. The van der Waals surface area contributed by atoms with Crippen LogP contribution in [0.1, 0.15) is 5.82 Å². The molecule has 0 saturated carbocycles. The SMILES string of the molecule is COc1ccc(OCc2nnc(SCC(=O)Nc3cccc([N+](=O)[O-])c3)n2C)cc1. The molecule has 0 fully saturated rings. The number of benzene rings is 2. The molecule has 1 heterocycles. The number of hydrogen-bond acceptors (Lipinski definition) is 8. The highest BCUT2D eigenvalue weighted by Crippen LogP contribution is 2.21. The van der Waals surface area contributed by atoms with E-state index in [9.17, 15) is 14.9 Å². The van der Waals surface area contributed by atoms with E-state index in [1.165, 1.54) is 30.0 Å². The minimum Gasteiger partial charge on any atom is -0.497 e. The fraction of sp³-hybridized carbons (Fsp3) is 0.211. The van der Waals surface area contributed by atoms with Gasteiger partial charge in [-0.1, -0.05) is 17.8 Å². The second-order valence-electron chi connectivity index (χ2n) is 6.07. The van der Waals surface area contributed by atoms with Gasteiger partial charge in [0, 0.05) is 24.9 Å². The maximum atomic E-state index is 12.2. The zero-order valence-corrected chi connectivity index (χ0v) is 17.1. The van der Waals surface area contributed by atoms with Crippen molar-refractivity contribution in [2.45, 2.75) is 11.8 Å². The van der Waals surface area contributed by atoms with Crippen LogP contribution < -0.4 is 14.8 Å². The number of nitrogens with zero attached hydrogens (tertiary/aromatic N) is 4. The first-order chi connectivity index (χ1) is 14.5. The molecule has 1 aromatic heterocycles. The average Bonchev–Trinajstić information content (AvgIpc) is 3.10. The Morgan fingerprint density at radius 2 is 1.93 bits per heavy atom. The molecule has 0 aliphatic heterocycles. The van der Waals surface area contributed by atoms with Crippen molar-refractivity contribution >= 4 is 29.0 Å². The zero-order chi connectivity index (χ0) is 21.5. The Kier molecular flexibility index (Phi) is 6.86. The van der Waals surface area contributed by atoms with Crippen molar-refractivity contribution < 1.29 is 19.2 Å². The number of carbonyl (C=O) groups excluding carboxylic acids is 1. The zero-order valence-electron chi connectivity index (χ0n) is 16.3. The number of non-ortho nitro benzene ring substituents is 1. The molecule has 0 spiro atoms. The second kappa shape index (κ2) is 9.74. The van der Waals surface area contributed by atoms with Crippen LogP contribution in [-0.4, -0.2) is 38.5 Å². The normalized spacial score (nSPS) is 10.5. The van der Waals surface area contributed by atoms with Crippen LogP contribution in [0.15, 0.2) is 53.7 Å². The Morgan fingerprint density at radius 1 is 1.20 bits per heavy atom. The van der Waals surface area contributed by atoms with Crippen molar-refractivity contribution in [1.82, 2.24) is 14.8 Å². The van der Waals surface area contributed by atoms with E-state index < -0.39 is 4.92 Å². The largest absolute Gasteiger partial charge is 0.497 e. The molecule has 1 amide bonds. The van der Waals surface area contributed by atoms with Gasteiger partial charge >= 0.3 is 0 Å². The standard InChI is InChI=1S/C19H19N5O5S/c1-23-17(11-29-16-8-6-15(28-2)7-9-16)21-22-19(23)30-12-18(25)20-13-4-3-5-14(10-13)24(26)27/h3-10H,11-12H2,1-2H3,(H,20,25). The third-order valence-corrected chi connectivity index (χ3v) is 5.05. The fourth-order valence-electron chi connectivity index (χ4n) is 2.44. The lowest BCUT2D eigenvalue weighted by Crippen LogP contribution is -2.14. The molecular weight excluding hydrogens is 410 g/mol. The minimum absolute atomic E-state index is 0.0774. The molecular formula is C19H19N5O5S. The average molecular weight is 429 g/mol. The van der Waals surface area contributed by atoms with E-state index >= 15 is 0 Å². The summed E-state index contributed by atoms with van der Waals surface area (Å²) >= 11 is 1.20. The van der Waals surface area contributed by atoms with Crippen molar-refractivity contribution in [3.05, 3.63) is 64.5 Å². The molecule has 0 aliphatic carbocycles. The van der Waals surface area contributed by atoms with Gasteiger partial charge in [0.2, 0.25) is 5.91 Å². The Bertz CT molecular complexity index is 1040. The number of rotatable bonds is 9. The van der Waals surface area contributed by atoms with E-state index in [0.29, 0.717) is 22.4 Å². The van der Waals surface area contributed by atoms with Gasteiger partial charge in [-0.15, -0.1) is 10.2 Å². The smallest absolute Gasteiger partial charge is 0.271 e. The van der Waals surface area contributed by atoms with Crippen LogP contribution in [0.2, 0.25) is 0 Å². The minimum atomic E-state index is -0.514. The number of thioether (sulfide) groups is 1. The van der Waals surface area contributed by atoms with Crippen molar-refractivity contribution in [2.75, 3.05) is 18.2 Å². The molecule has 0 bridgehead atoms. The van der Waals surface area contributed by atoms with Crippen LogP contribution in [-0.2, 0) is 18.4 Å². The summed E-state index contributed by atoms with van der Waals surface area (Å²) in [6.07, 6.45) is 0. The molecule has 0 aliphatic rings. The van der Waals surface area contributed by atoms with E-state index in [0.717, 1.165) is 5.75 Å². The highest BCUT2D eigenvalue weighted by atomic mass is 32.2. The lowest BCUT2D eigenvalue weighted by Gasteiger charge is -2.07. The Hall–Kier alpha value is -3.60. The highest BCUT2D eigenvalue weighted by molar-refractivity contribution is 7.99. The first kappa shape index (κ1) is 21.1. The van der Waals surface area contributed by atoms with Crippen molar-refractivity contribution in [3.63, 3.8) is 0 Å². The van der Waals surface area contributed by atoms with Gasteiger partial charge in [-0.3, -0.25) is 14.9 Å². The number of nitro groups is 1. The topological polar surface area (TPSA) is 121 Å². The van der Waals surface area contributed by atoms with Gasteiger partial charge in [0.05, 0.1) is 17.8 Å². The van der Waals surface area contributed by atoms with Gasteiger partial charge in [-0.25, -0.2) is 0 Å².